The Morgan fingerprint density at radius 1 is 1.31 bits per heavy atom. The van der Waals surface area contributed by atoms with Gasteiger partial charge in [-0.25, -0.2) is 0 Å². The Kier molecular flexibility index (Phi) is 5.36. The molecule has 0 aliphatic carbocycles. The Bertz CT molecular complexity index is 322. The Labute approximate surface area is 95.6 Å². The van der Waals surface area contributed by atoms with Gasteiger partial charge >= 0.3 is 5.97 Å². The molecule has 1 rings (SSSR count). The smallest absolute Gasteiger partial charge is 0.307 e. The van der Waals surface area contributed by atoms with Crippen LogP contribution < -0.4 is 10.1 Å². The molecule has 0 saturated heterocycles. The van der Waals surface area contributed by atoms with Gasteiger partial charge in [-0.2, -0.15) is 0 Å². The van der Waals surface area contributed by atoms with E-state index < -0.39 is 0 Å². The molecule has 0 bridgehead atoms. The summed E-state index contributed by atoms with van der Waals surface area (Å²) >= 11 is 0. The highest BCUT2D eigenvalue weighted by molar-refractivity contribution is 5.69. The minimum atomic E-state index is -0.190. The first-order valence-electron chi connectivity index (χ1n) is 5.19. The van der Waals surface area contributed by atoms with E-state index in [0.29, 0.717) is 19.6 Å². The maximum atomic E-state index is 11.2. The van der Waals surface area contributed by atoms with Crippen LogP contribution in [0.15, 0.2) is 24.3 Å². The summed E-state index contributed by atoms with van der Waals surface area (Å²) in [4.78, 5) is 11.2. The first-order valence-corrected chi connectivity index (χ1v) is 5.19. The molecule has 0 aromatic heterocycles. The minimum Gasteiger partial charge on any atom is -0.497 e. The van der Waals surface area contributed by atoms with E-state index in [4.69, 9.17) is 9.47 Å². The molecule has 4 nitrogen and oxygen atoms in total. The largest absolute Gasteiger partial charge is 0.497 e. The molecule has 0 saturated carbocycles. The molecule has 0 aliphatic rings. The van der Waals surface area contributed by atoms with Gasteiger partial charge in [-0.1, -0.05) is 12.1 Å². The molecule has 16 heavy (non-hydrogen) atoms. The predicted molar refractivity (Wildman–Crippen MR) is 61.3 cm³/mol. The Balaban J connectivity index is 2.33. The van der Waals surface area contributed by atoms with E-state index in [0.717, 1.165) is 11.3 Å². The lowest BCUT2D eigenvalue weighted by molar-refractivity contribution is -0.144. The molecular weight excluding hydrogens is 206 g/mol. The van der Waals surface area contributed by atoms with Gasteiger partial charge in [-0.3, -0.25) is 4.79 Å². The lowest BCUT2D eigenvalue weighted by atomic mass is 10.2. The highest BCUT2D eigenvalue weighted by Crippen LogP contribution is 2.11. The third-order valence-corrected chi connectivity index (χ3v) is 2.14. The van der Waals surface area contributed by atoms with Crippen molar-refractivity contribution in [2.75, 3.05) is 20.7 Å². The lowest BCUT2D eigenvalue weighted by Gasteiger charge is -2.05. The van der Waals surface area contributed by atoms with Crippen LogP contribution in [-0.2, 0) is 16.1 Å². The van der Waals surface area contributed by atoms with Crippen LogP contribution in [-0.4, -0.2) is 26.7 Å². The van der Waals surface area contributed by atoms with Crippen molar-refractivity contribution in [3.63, 3.8) is 0 Å². The molecule has 0 radical (unpaired) electrons. The van der Waals surface area contributed by atoms with Gasteiger partial charge in [0.1, 0.15) is 12.4 Å². The van der Waals surface area contributed by atoms with Gasteiger partial charge in [0, 0.05) is 6.54 Å². The summed E-state index contributed by atoms with van der Waals surface area (Å²) in [5.74, 6) is 0.607. The number of carbonyl (C=O) groups is 1. The maximum absolute atomic E-state index is 11.2. The van der Waals surface area contributed by atoms with Crippen molar-refractivity contribution in [2.24, 2.45) is 0 Å². The van der Waals surface area contributed by atoms with Crippen molar-refractivity contribution in [3.05, 3.63) is 29.8 Å². The van der Waals surface area contributed by atoms with Gasteiger partial charge in [0.05, 0.1) is 13.5 Å². The van der Waals surface area contributed by atoms with Crippen LogP contribution in [0.2, 0.25) is 0 Å². The number of methoxy groups -OCH3 is 1. The van der Waals surface area contributed by atoms with Crippen molar-refractivity contribution in [2.45, 2.75) is 13.0 Å². The van der Waals surface area contributed by atoms with E-state index in [1.165, 1.54) is 0 Å². The molecule has 0 fully saturated rings. The average Bonchev–Trinajstić information content (AvgIpc) is 2.34. The van der Waals surface area contributed by atoms with Gasteiger partial charge in [0.2, 0.25) is 0 Å². The number of hydrogen-bond donors (Lipinski definition) is 1. The third-order valence-electron chi connectivity index (χ3n) is 2.14. The molecule has 1 N–H and O–H groups in total. The molecule has 4 heteroatoms. The second-order valence-electron chi connectivity index (χ2n) is 3.36. The number of esters is 1. The van der Waals surface area contributed by atoms with E-state index in [1.54, 1.807) is 14.2 Å². The first kappa shape index (κ1) is 12.5. The SMILES string of the molecule is CNCCC(=O)OCc1ccc(OC)cc1. The normalized spacial score (nSPS) is 9.88. The van der Waals surface area contributed by atoms with Gasteiger partial charge in [0.15, 0.2) is 0 Å². The van der Waals surface area contributed by atoms with Crippen LogP contribution in [0.5, 0.6) is 5.75 Å². The molecule has 0 amide bonds. The molecule has 1 aromatic carbocycles. The zero-order valence-electron chi connectivity index (χ0n) is 9.66. The van der Waals surface area contributed by atoms with E-state index >= 15 is 0 Å². The van der Waals surface area contributed by atoms with Crippen LogP contribution in [0.25, 0.3) is 0 Å². The first-order chi connectivity index (χ1) is 7.76. The van der Waals surface area contributed by atoms with E-state index in [9.17, 15) is 4.79 Å². The van der Waals surface area contributed by atoms with Crippen molar-refractivity contribution in [3.8, 4) is 5.75 Å². The zero-order chi connectivity index (χ0) is 11.8. The molecule has 0 spiro atoms. The number of hydrogen-bond acceptors (Lipinski definition) is 4. The van der Waals surface area contributed by atoms with Crippen LogP contribution in [0.3, 0.4) is 0 Å². The fourth-order valence-corrected chi connectivity index (χ4v) is 1.18. The van der Waals surface area contributed by atoms with Crippen molar-refractivity contribution in [1.29, 1.82) is 0 Å². The summed E-state index contributed by atoms with van der Waals surface area (Å²) in [5.41, 5.74) is 0.957. The topological polar surface area (TPSA) is 47.6 Å². The number of nitrogens with one attached hydrogen (secondary N) is 1. The minimum absolute atomic E-state index is 0.190. The maximum Gasteiger partial charge on any atom is 0.307 e. The average molecular weight is 223 g/mol. The Morgan fingerprint density at radius 3 is 2.56 bits per heavy atom. The molecule has 88 valence electrons. The monoisotopic (exact) mass is 223 g/mol. The Morgan fingerprint density at radius 2 is 2.00 bits per heavy atom. The van der Waals surface area contributed by atoms with Gasteiger partial charge < -0.3 is 14.8 Å². The number of ether oxygens (including phenoxy) is 2. The van der Waals surface area contributed by atoms with Crippen LogP contribution in [0.4, 0.5) is 0 Å². The van der Waals surface area contributed by atoms with E-state index in [-0.39, 0.29) is 5.97 Å². The van der Waals surface area contributed by atoms with Crippen molar-refractivity contribution in [1.82, 2.24) is 5.32 Å². The van der Waals surface area contributed by atoms with Gasteiger partial charge in [-0.05, 0) is 24.7 Å². The molecule has 0 atom stereocenters. The van der Waals surface area contributed by atoms with E-state index in [1.807, 2.05) is 24.3 Å². The number of rotatable bonds is 6. The van der Waals surface area contributed by atoms with Crippen LogP contribution in [0.1, 0.15) is 12.0 Å². The second kappa shape index (κ2) is 6.85. The molecule has 0 unspecified atom stereocenters. The second-order valence-corrected chi connectivity index (χ2v) is 3.36. The van der Waals surface area contributed by atoms with Crippen molar-refractivity contribution >= 4 is 5.97 Å². The predicted octanol–water partition coefficient (Wildman–Crippen LogP) is 1.35. The summed E-state index contributed by atoms with van der Waals surface area (Å²) in [7, 11) is 3.42. The summed E-state index contributed by atoms with van der Waals surface area (Å²) in [6.45, 7) is 0.952. The van der Waals surface area contributed by atoms with Crippen LogP contribution in [0, 0.1) is 0 Å². The van der Waals surface area contributed by atoms with Gasteiger partial charge in [0.25, 0.3) is 0 Å². The number of benzene rings is 1. The highest BCUT2D eigenvalue weighted by atomic mass is 16.5. The summed E-state index contributed by atoms with van der Waals surface area (Å²) < 4.78 is 10.1. The number of carbonyl (C=O) groups excluding carboxylic acids is 1. The molecule has 0 aliphatic heterocycles. The van der Waals surface area contributed by atoms with E-state index in [2.05, 4.69) is 5.32 Å². The molecule has 1 aromatic rings. The lowest BCUT2D eigenvalue weighted by Crippen LogP contribution is -2.14. The molecular formula is C12H17NO3. The zero-order valence-corrected chi connectivity index (χ0v) is 9.66. The van der Waals surface area contributed by atoms with Crippen LogP contribution >= 0.6 is 0 Å². The van der Waals surface area contributed by atoms with Crippen molar-refractivity contribution < 1.29 is 14.3 Å². The standard InChI is InChI=1S/C12H17NO3/c1-13-8-7-12(14)16-9-10-3-5-11(15-2)6-4-10/h3-6,13H,7-9H2,1-2H3. The Hall–Kier alpha value is -1.55. The fourth-order valence-electron chi connectivity index (χ4n) is 1.18. The van der Waals surface area contributed by atoms with Gasteiger partial charge in [-0.15, -0.1) is 0 Å². The summed E-state index contributed by atoms with van der Waals surface area (Å²) in [6, 6.07) is 7.45. The summed E-state index contributed by atoms with van der Waals surface area (Å²) in [5, 5.41) is 2.89. The fraction of sp³-hybridized carbons (Fsp3) is 0.417. The summed E-state index contributed by atoms with van der Waals surface area (Å²) in [6.07, 6.45) is 0.395. The highest BCUT2D eigenvalue weighted by Gasteiger charge is 2.02. The molecule has 0 heterocycles. The third kappa shape index (κ3) is 4.31. The quantitative estimate of drug-likeness (QED) is 0.739.